The summed E-state index contributed by atoms with van der Waals surface area (Å²) in [6.07, 6.45) is 1.65. The van der Waals surface area contributed by atoms with E-state index in [1.165, 1.54) is 0 Å². The van der Waals surface area contributed by atoms with E-state index in [-0.39, 0.29) is 6.04 Å². The lowest BCUT2D eigenvalue weighted by Gasteiger charge is -2.24. The molecule has 3 nitrogen and oxygen atoms in total. The van der Waals surface area contributed by atoms with E-state index in [2.05, 4.69) is 21.2 Å². The van der Waals surface area contributed by atoms with Gasteiger partial charge < -0.3 is 14.8 Å². The third-order valence-electron chi connectivity index (χ3n) is 2.84. The standard InChI is InChI=1S/C13H16BrNO2S/c1-9(12-10(14)5-6-17-12)15-8-13(2,16)11-4-3-7-18-11/h3-7,9,15-16H,8H2,1-2H3. The van der Waals surface area contributed by atoms with E-state index in [1.807, 2.05) is 37.4 Å². The summed E-state index contributed by atoms with van der Waals surface area (Å²) in [7, 11) is 0. The van der Waals surface area contributed by atoms with Gasteiger partial charge in [-0.15, -0.1) is 11.3 Å². The fourth-order valence-electron chi connectivity index (χ4n) is 1.73. The zero-order chi connectivity index (χ0) is 13.2. The lowest BCUT2D eigenvalue weighted by Crippen LogP contribution is -2.36. The minimum atomic E-state index is -0.860. The van der Waals surface area contributed by atoms with Gasteiger partial charge in [0.1, 0.15) is 11.4 Å². The highest BCUT2D eigenvalue weighted by atomic mass is 79.9. The van der Waals surface area contributed by atoms with Crippen LogP contribution in [0.15, 0.2) is 38.7 Å². The summed E-state index contributed by atoms with van der Waals surface area (Å²) < 4.78 is 6.34. The van der Waals surface area contributed by atoms with Crippen molar-refractivity contribution in [2.24, 2.45) is 0 Å². The number of furan rings is 1. The van der Waals surface area contributed by atoms with Gasteiger partial charge in [-0.3, -0.25) is 0 Å². The number of rotatable bonds is 5. The highest BCUT2D eigenvalue weighted by Gasteiger charge is 2.25. The lowest BCUT2D eigenvalue weighted by molar-refractivity contribution is 0.0573. The fraction of sp³-hybridized carbons (Fsp3) is 0.385. The topological polar surface area (TPSA) is 45.4 Å². The SMILES string of the molecule is CC(NCC(C)(O)c1cccs1)c1occc1Br. The first-order valence-electron chi connectivity index (χ1n) is 5.73. The molecule has 0 spiro atoms. The van der Waals surface area contributed by atoms with Crippen molar-refractivity contribution in [3.8, 4) is 0 Å². The van der Waals surface area contributed by atoms with Gasteiger partial charge in [-0.25, -0.2) is 0 Å². The molecule has 2 heterocycles. The van der Waals surface area contributed by atoms with Gasteiger partial charge in [0, 0.05) is 11.4 Å². The Morgan fingerprint density at radius 2 is 2.33 bits per heavy atom. The van der Waals surface area contributed by atoms with Crippen molar-refractivity contribution in [1.82, 2.24) is 5.32 Å². The van der Waals surface area contributed by atoms with Crippen LogP contribution in [-0.4, -0.2) is 11.7 Å². The Labute approximate surface area is 119 Å². The first-order valence-corrected chi connectivity index (χ1v) is 7.40. The Morgan fingerprint density at radius 3 is 2.89 bits per heavy atom. The van der Waals surface area contributed by atoms with Crippen LogP contribution < -0.4 is 5.32 Å². The van der Waals surface area contributed by atoms with Gasteiger partial charge in [0.25, 0.3) is 0 Å². The number of hydrogen-bond acceptors (Lipinski definition) is 4. The van der Waals surface area contributed by atoms with Crippen molar-refractivity contribution < 1.29 is 9.52 Å². The molecule has 18 heavy (non-hydrogen) atoms. The van der Waals surface area contributed by atoms with Crippen LogP contribution in [0.2, 0.25) is 0 Å². The molecule has 0 aliphatic heterocycles. The zero-order valence-electron chi connectivity index (χ0n) is 10.3. The predicted molar refractivity (Wildman–Crippen MR) is 76.7 cm³/mol. The molecular formula is C13H16BrNO2S. The second-order valence-electron chi connectivity index (χ2n) is 4.49. The van der Waals surface area contributed by atoms with Gasteiger partial charge in [0.2, 0.25) is 0 Å². The van der Waals surface area contributed by atoms with Crippen LogP contribution >= 0.6 is 27.3 Å². The average Bonchev–Trinajstić information content (AvgIpc) is 2.96. The first kappa shape index (κ1) is 13.8. The summed E-state index contributed by atoms with van der Waals surface area (Å²) in [6.45, 7) is 4.30. The molecule has 98 valence electrons. The highest BCUT2D eigenvalue weighted by Crippen LogP contribution is 2.27. The molecule has 2 atom stereocenters. The monoisotopic (exact) mass is 329 g/mol. The Bertz CT molecular complexity index is 493. The van der Waals surface area contributed by atoms with Crippen molar-refractivity contribution in [3.63, 3.8) is 0 Å². The quantitative estimate of drug-likeness (QED) is 0.879. The second-order valence-corrected chi connectivity index (χ2v) is 6.29. The fourth-order valence-corrected chi connectivity index (χ4v) is 3.06. The maximum Gasteiger partial charge on any atom is 0.134 e. The normalized spacial score (nSPS) is 16.4. The van der Waals surface area contributed by atoms with Gasteiger partial charge in [-0.2, -0.15) is 0 Å². The molecule has 2 N–H and O–H groups in total. The molecule has 0 amide bonds. The van der Waals surface area contributed by atoms with E-state index in [0.29, 0.717) is 6.54 Å². The van der Waals surface area contributed by atoms with E-state index in [0.717, 1.165) is 15.1 Å². The van der Waals surface area contributed by atoms with E-state index in [4.69, 9.17) is 4.42 Å². The van der Waals surface area contributed by atoms with E-state index >= 15 is 0 Å². The van der Waals surface area contributed by atoms with Gasteiger partial charge in [-0.1, -0.05) is 6.07 Å². The molecule has 0 saturated carbocycles. The molecular weight excluding hydrogens is 314 g/mol. The minimum absolute atomic E-state index is 0.0424. The molecule has 2 unspecified atom stereocenters. The second kappa shape index (κ2) is 5.57. The first-order chi connectivity index (χ1) is 8.50. The summed E-state index contributed by atoms with van der Waals surface area (Å²) in [5.41, 5.74) is -0.860. The van der Waals surface area contributed by atoms with Crippen LogP contribution in [0.25, 0.3) is 0 Å². The van der Waals surface area contributed by atoms with Crippen LogP contribution in [0.1, 0.15) is 30.5 Å². The van der Waals surface area contributed by atoms with Crippen LogP contribution in [0, 0.1) is 0 Å². The molecule has 2 rings (SSSR count). The number of thiophene rings is 1. The molecule has 0 radical (unpaired) electrons. The smallest absolute Gasteiger partial charge is 0.134 e. The average molecular weight is 330 g/mol. The van der Waals surface area contributed by atoms with E-state index < -0.39 is 5.60 Å². The number of nitrogens with one attached hydrogen (secondary N) is 1. The van der Waals surface area contributed by atoms with Gasteiger partial charge >= 0.3 is 0 Å². The van der Waals surface area contributed by atoms with Crippen molar-refractivity contribution in [3.05, 3.63) is 45.0 Å². The van der Waals surface area contributed by atoms with Gasteiger partial charge in [0.05, 0.1) is 16.8 Å². The number of aliphatic hydroxyl groups is 1. The molecule has 0 saturated heterocycles. The van der Waals surface area contributed by atoms with Crippen molar-refractivity contribution in [2.75, 3.05) is 6.54 Å². The maximum absolute atomic E-state index is 10.4. The molecule has 2 aromatic rings. The van der Waals surface area contributed by atoms with Crippen molar-refractivity contribution in [2.45, 2.75) is 25.5 Å². The molecule has 0 bridgehead atoms. The summed E-state index contributed by atoms with van der Waals surface area (Å²) in [5, 5.41) is 15.7. The summed E-state index contributed by atoms with van der Waals surface area (Å²) >= 11 is 4.99. The van der Waals surface area contributed by atoms with Gasteiger partial charge in [0.15, 0.2) is 0 Å². The summed E-state index contributed by atoms with van der Waals surface area (Å²) in [4.78, 5) is 0.959. The lowest BCUT2D eigenvalue weighted by atomic mass is 10.0. The Hall–Kier alpha value is -0.620. The van der Waals surface area contributed by atoms with Gasteiger partial charge in [-0.05, 0) is 47.3 Å². The van der Waals surface area contributed by atoms with Crippen molar-refractivity contribution >= 4 is 27.3 Å². The minimum Gasteiger partial charge on any atom is -0.466 e. The predicted octanol–water partition coefficient (Wildman–Crippen LogP) is 3.66. The molecule has 0 fully saturated rings. The number of hydrogen-bond donors (Lipinski definition) is 2. The van der Waals surface area contributed by atoms with Crippen LogP contribution in [0.3, 0.4) is 0 Å². The Morgan fingerprint density at radius 1 is 1.56 bits per heavy atom. The van der Waals surface area contributed by atoms with Crippen LogP contribution in [-0.2, 0) is 5.60 Å². The molecule has 0 aromatic carbocycles. The Balaban J connectivity index is 1.98. The van der Waals surface area contributed by atoms with Crippen molar-refractivity contribution in [1.29, 1.82) is 0 Å². The third kappa shape index (κ3) is 3.03. The Kier molecular flexibility index (Phi) is 4.27. The molecule has 2 aromatic heterocycles. The molecule has 0 aliphatic rings. The van der Waals surface area contributed by atoms with Crippen LogP contribution in [0.4, 0.5) is 0 Å². The largest absolute Gasteiger partial charge is 0.466 e. The summed E-state index contributed by atoms with van der Waals surface area (Å²) in [5.74, 6) is 0.844. The molecule has 5 heteroatoms. The highest BCUT2D eigenvalue weighted by molar-refractivity contribution is 9.10. The summed E-state index contributed by atoms with van der Waals surface area (Å²) in [6, 6.07) is 5.80. The zero-order valence-corrected chi connectivity index (χ0v) is 12.7. The third-order valence-corrected chi connectivity index (χ3v) is 4.62. The van der Waals surface area contributed by atoms with E-state index in [9.17, 15) is 5.11 Å². The maximum atomic E-state index is 10.4. The number of halogens is 1. The molecule has 0 aliphatic carbocycles. The van der Waals surface area contributed by atoms with Crippen LogP contribution in [0.5, 0.6) is 0 Å². The van der Waals surface area contributed by atoms with E-state index in [1.54, 1.807) is 17.6 Å².